The van der Waals surface area contributed by atoms with Gasteiger partial charge in [-0.2, -0.15) is 0 Å². The first kappa shape index (κ1) is 28.9. The first-order valence-corrected chi connectivity index (χ1v) is 11.8. The number of methoxy groups -OCH3 is 2. The van der Waals surface area contributed by atoms with E-state index in [0.717, 1.165) is 0 Å². The molecule has 38 heavy (non-hydrogen) atoms. The van der Waals surface area contributed by atoms with Gasteiger partial charge < -0.3 is 34.7 Å². The van der Waals surface area contributed by atoms with Crippen LogP contribution in [0.1, 0.15) is 28.7 Å². The molecule has 0 aliphatic carbocycles. The maximum atomic E-state index is 14.3. The van der Waals surface area contributed by atoms with Gasteiger partial charge in [0.25, 0.3) is 5.91 Å². The Balaban J connectivity index is 1.72. The van der Waals surface area contributed by atoms with Crippen LogP contribution in [0.2, 0.25) is 0 Å². The van der Waals surface area contributed by atoms with E-state index in [0.29, 0.717) is 5.76 Å². The average molecular weight is 535 g/mol. The number of benzene rings is 1. The lowest BCUT2D eigenvalue weighted by molar-refractivity contribution is -0.134. The third-order valence-electron chi connectivity index (χ3n) is 5.90. The molecule has 3 unspecified atom stereocenters. The maximum Gasteiger partial charge on any atom is 0.274 e. The van der Waals surface area contributed by atoms with Crippen LogP contribution in [0.3, 0.4) is 0 Å². The second kappa shape index (κ2) is 12.7. The van der Waals surface area contributed by atoms with Crippen LogP contribution in [0.25, 0.3) is 0 Å². The van der Waals surface area contributed by atoms with Crippen molar-refractivity contribution in [3.63, 3.8) is 0 Å². The number of nitrogens with one attached hydrogen (secondary N) is 3. The highest BCUT2D eigenvalue weighted by molar-refractivity contribution is 5.99. The van der Waals surface area contributed by atoms with Gasteiger partial charge in [0.15, 0.2) is 11.5 Å². The van der Waals surface area contributed by atoms with E-state index in [4.69, 9.17) is 18.7 Å². The molecule has 1 aromatic heterocycles. The summed E-state index contributed by atoms with van der Waals surface area (Å²) in [6, 6.07) is 3.74. The number of Topliss-reactive ketones (excluding diaryl/α,β-unsaturated/α-hetero) is 1. The van der Waals surface area contributed by atoms with Crippen molar-refractivity contribution in [1.29, 1.82) is 0 Å². The van der Waals surface area contributed by atoms with Gasteiger partial charge in [-0.05, 0) is 25.5 Å². The first-order valence-electron chi connectivity index (χ1n) is 11.8. The third-order valence-corrected chi connectivity index (χ3v) is 5.90. The van der Waals surface area contributed by atoms with Crippen molar-refractivity contribution in [1.82, 2.24) is 21.1 Å². The summed E-state index contributed by atoms with van der Waals surface area (Å²) in [5, 5.41) is 11.2. The number of ether oxygens (including phenoxy) is 3. The van der Waals surface area contributed by atoms with E-state index in [1.807, 2.05) is 0 Å². The highest BCUT2D eigenvalue weighted by Gasteiger charge is 2.50. The number of rotatable bonds is 14. The normalized spacial score (nSPS) is 18.7. The van der Waals surface area contributed by atoms with E-state index in [2.05, 4.69) is 21.1 Å². The minimum Gasteiger partial charge on any atom is -0.382 e. The van der Waals surface area contributed by atoms with E-state index < -0.39 is 53.0 Å². The molecule has 13 heteroatoms. The minimum atomic E-state index is -1.25. The van der Waals surface area contributed by atoms with E-state index in [1.165, 1.54) is 38.5 Å². The monoisotopic (exact) mass is 534 g/mol. The summed E-state index contributed by atoms with van der Waals surface area (Å²) in [5.74, 6) is -2.71. The molecule has 206 valence electrons. The van der Waals surface area contributed by atoms with Gasteiger partial charge in [-0.1, -0.05) is 23.4 Å². The number of ketones is 1. The maximum absolute atomic E-state index is 14.3. The Kier molecular flexibility index (Phi) is 9.66. The zero-order valence-electron chi connectivity index (χ0n) is 21.5. The zero-order chi connectivity index (χ0) is 27.9. The Bertz CT molecular complexity index is 1170. The second-order valence-corrected chi connectivity index (χ2v) is 9.06. The Morgan fingerprint density at radius 1 is 1.03 bits per heavy atom. The molecule has 0 radical (unpaired) electrons. The fraction of sp³-hybridized carbons (Fsp3) is 0.480. The molecular formula is C25H31FN4O8. The van der Waals surface area contributed by atoms with Crippen molar-refractivity contribution in [2.75, 3.05) is 34.0 Å². The number of nitrogens with zero attached hydrogens (tertiary/aromatic N) is 1. The molecule has 2 heterocycles. The lowest BCUT2D eigenvalue weighted by atomic mass is 9.94. The number of epoxide rings is 1. The van der Waals surface area contributed by atoms with Gasteiger partial charge in [-0.15, -0.1) is 0 Å². The molecule has 3 amide bonds. The Morgan fingerprint density at radius 3 is 2.13 bits per heavy atom. The summed E-state index contributed by atoms with van der Waals surface area (Å²) in [4.78, 5) is 51.7. The fourth-order valence-corrected chi connectivity index (χ4v) is 3.66. The third kappa shape index (κ3) is 7.43. The van der Waals surface area contributed by atoms with E-state index in [-0.39, 0.29) is 37.5 Å². The second-order valence-electron chi connectivity index (χ2n) is 9.06. The van der Waals surface area contributed by atoms with Crippen molar-refractivity contribution in [3.05, 3.63) is 53.2 Å². The van der Waals surface area contributed by atoms with Crippen LogP contribution >= 0.6 is 0 Å². The zero-order valence-corrected chi connectivity index (χ0v) is 21.5. The van der Waals surface area contributed by atoms with Gasteiger partial charge >= 0.3 is 0 Å². The number of hydrogen-bond donors (Lipinski definition) is 3. The van der Waals surface area contributed by atoms with Crippen LogP contribution in [0.4, 0.5) is 4.39 Å². The van der Waals surface area contributed by atoms with Crippen molar-refractivity contribution in [2.24, 2.45) is 0 Å². The Hall–Kier alpha value is -3.68. The molecule has 1 aliphatic rings. The Morgan fingerprint density at radius 2 is 1.61 bits per heavy atom. The number of carbonyl (C=O) groups is 4. The number of aromatic nitrogens is 1. The predicted octanol–water partition coefficient (Wildman–Crippen LogP) is 0.0836. The van der Waals surface area contributed by atoms with Gasteiger partial charge in [0.2, 0.25) is 11.8 Å². The lowest BCUT2D eigenvalue weighted by Gasteiger charge is -2.25. The van der Waals surface area contributed by atoms with Crippen molar-refractivity contribution < 1.29 is 42.3 Å². The standard InChI is InChI=1S/C25H31FN4O8/c1-14-9-18(30-38-14)22(32)28-20(12-36-4)24(34)29-19(11-35-3)23(33)27-17(21(31)25(2)13-37-25)10-15-7-5-6-8-16(15)26/h5-9,17,19-20H,10-13H2,1-4H3,(H,27,33)(H,28,32)(H,29,34)/t17?,19-,20?,25?/m0/s1. The number of halogens is 1. The van der Waals surface area contributed by atoms with Crippen LogP contribution in [0.15, 0.2) is 34.9 Å². The topological polar surface area (TPSA) is 161 Å². The first-order chi connectivity index (χ1) is 18.1. The molecule has 1 aromatic carbocycles. The molecular weight excluding hydrogens is 503 g/mol. The molecule has 0 saturated carbocycles. The highest BCUT2D eigenvalue weighted by atomic mass is 19.1. The van der Waals surface area contributed by atoms with Gasteiger partial charge in [0, 0.05) is 26.7 Å². The molecule has 3 rings (SSSR count). The lowest BCUT2D eigenvalue weighted by Crippen LogP contribution is -2.59. The van der Waals surface area contributed by atoms with Crippen LogP contribution in [-0.2, 0) is 35.0 Å². The number of hydrogen-bond acceptors (Lipinski definition) is 9. The van der Waals surface area contributed by atoms with Crippen LogP contribution in [-0.4, -0.2) is 86.4 Å². The quantitative estimate of drug-likeness (QED) is 0.285. The number of amides is 3. The Labute approximate surface area is 218 Å². The van der Waals surface area contributed by atoms with Crippen LogP contribution in [0, 0.1) is 12.7 Å². The number of aryl methyl sites for hydroxylation is 1. The predicted molar refractivity (Wildman–Crippen MR) is 130 cm³/mol. The van der Waals surface area contributed by atoms with Crippen molar-refractivity contribution >= 4 is 23.5 Å². The van der Waals surface area contributed by atoms with Gasteiger partial charge in [-0.3, -0.25) is 19.2 Å². The molecule has 1 saturated heterocycles. The van der Waals surface area contributed by atoms with Gasteiger partial charge in [0.1, 0.15) is 29.3 Å². The van der Waals surface area contributed by atoms with Crippen molar-refractivity contribution in [3.8, 4) is 0 Å². The van der Waals surface area contributed by atoms with Gasteiger partial charge in [0.05, 0.1) is 25.9 Å². The molecule has 12 nitrogen and oxygen atoms in total. The molecule has 0 bridgehead atoms. The smallest absolute Gasteiger partial charge is 0.274 e. The van der Waals surface area contributed by atoms with E-state index in [9.17, 15) is 23.6 Å². The summed E-state index contributed by atoms with van der Waals surface area (Å²) >= 11 is 0. The summed E-state index contributed by atoms with van der Waals surface area (Å²) < 4.78 is 34.6. The summed E-state index contributed by atoms with van der Waals surface area (Å²) in [5.41, 5.74) is -0.891. The molecule has 4 atom stereocenters. The molecule has 2 aromatic rings. The fourth-order valence-electron chi connectivity index (χ4n) is 3.66. The summed E-state index contributed by atoms with van der Waals surface area (Å²) in [7, 11) is 2.67. The summed E-state index contributed by atoms with van der Waals surface area (Å²) in [6.45, 7) is 2.91. The highest BCUT2D eigenvalue weighted by Crippen LogP contribution is 2.29. The van der Waals surface area contributed by atoms with Gasteiger partial charge in [-0.25, -0.2) is 4.39 Å². The SMILES string of the molecule is COCC(NC(=O)c1cc(C)on1)C(=O)N[C@@H](COC)C(=O)NC(Cc1ccccc1F)C(=O)C1(C)CO1. The minimum absolute atomic E-state index is 0.0344. The molecule has 1 fully saturated rings. The van der Waals surface area contributed by atoms with Crippen molar-refractivity contribution in [2.45, 2.75) is 44.0 Å². The molecule has 3 N–H and O–H groups in total. The average Bonchev–Trinajstić information content (AvgIpc) is 3.49. The summed E-state index contributed by atoms with van der Waals surface area (Å²) in [6.07, 6.45) is -0.122. The molecule has 0 spiro atoms. The largest absolute Gasteiger partial charge is 0.382 e. The van der Waals surface area contributed by atoms with Crippen LogP contribution in [0.5, 0.6) is 0 Å². The van der Waals surface area contributed by atoms with E-state index in [1.54, 1.807) is 19.9 Å². The van der Waals surface area contributed by atoms with Crippen LogP contribution < -0.4 is 16.0 Å². The van der Waals surface area contributed by atoms with E-state index >= 15 is 0 Å². The molecule has 1 aliphatic heterocycles. The number of carbonyl (C=O) groups excluding carboxylic acids is 4.